The lowest BCUT2D eigenvalue weighted by atomic mass is 10.1. The highest BCUT2D eigenvalue weighted by Crippen LogP contribution is 2.37. The van der Waals surface area contributed by atoms with E-state index in [1.807, 2.05) is 56.3 Å². The monoisotopic (exact) mass is 446 g/mol. The Labute approximate surface area is 191 Å². The van der Waals surface area contributed by atoms with Crippen LogP contribution in [0.1, 0.15) is 17.9 Å². The molecule has 1 amide bonds. The topological polar surface area (TPSA) is 83.0 Å². The molecular formula is C24H26N6OS. The summed E-state index contributed by atoms with van der Waals surface area (Å²) >= 11 is 1.61. The van der Waals surface area contributed by atoms with Gasteiger partial charge >= 0.3 is 0 Å². The van der Waals surface area contributed by atoms with E-state index in [2.05, 4.69) is 33.1 Å². The van der Waals surface area contributed by atoms with Crippen molar-refractivity contribution >= 4 is 39.1 Å². The lowest BCUT2D eigenvalue weighted by Crippen LogP contribution is -2.18. The van der Waals surface area contributed by atoms with Crippen molar-refractivity contribution in [3.63, 3.8) is 0 Å². The molecule has 0 aliphatic carbocycles. The first-order valence-corrected chi connectivity index (χ1v) is 11.3. The summed E-state index contributed by atoms with van der Waals surface area (Å²) in [5.74, 6) is 1.98. The Morgan fingerprint density at radius 3 is 2.59 bits per heavy atom. The number of nitrogens with one attached hydrogen (secondary N) is 2. The summed E-state index contributed by atoms with van der Waals surface area (Å²) in [5, 5.41) is 9.34. The van der Waals surface area contributed by atoms with E-state index in [-0.39, 0.29) is 5.91 Å². The van der Waals surface area contributed by atoms with Gasteiger partial charge in [0.25, 0.3) is 0 Å². The predicted molar refractivity (Wildman–Crippen MR) is 131 cm³/mol. The number of amides is 1. The Balaban J connectivity index is 1.55. The molecule has 3 heterocycles. The Morgan fingerprint density at radius 1 is 1.03 bits per heavy atom. The van der Waals surface area contributed by atoms with Gasteiger partial charge in [-0.05, 0) is 38.7 Å². The van der Waals surface area contributed by atoms with Crippen LogP contribution in [-0.4, -0.2) is 46.4 Å². The average molecular weight is 447 g/mol. The molecule has 8 heteroatoms. The van der Waals surface area contributed by atoms with Crippen LogP contribution in [0.25, 0.3) is 21.3 Å². The summed E-state index contributed by atoms with van der Waals surface area (Å²) in [6.45, 7) is 2.99. The number of anilines is 2. The SMILES string of the molecule is Cc1cccc(NC(=O)CCNc2nc(CN(C)C)nc3scc(-c4ccccc4)c23)n1. The molecule has 3 aromatic heterocycles. The van der Waals surface area contributed by atoms with E-state index in [0.29, 0.717) is 25.3 Å². The molecule has 0 atom stereocenters. The van der Waals surface area contributed by atoms with Crippen LogP contribution < -0.4 is 10.6 Å². The lowest BCUT2D eigenvalue weighted by molar-refractivity contribution is -0.116. The number of rotatable bonds is 8. The molecule has 32 heavy (non-hydrogen) atoms. The van der Waals surface area contributed by atoms with Gasteiger partial charge in [0.05, 0.1) is 11.9 Å². The van der Waals surface area contributed by atoms with Crippen LogP contribution in [0.3, 0.4) is 0 Å². The summed E-state index contributed by atoms with van der Waals surface area (Å²) in [5.41, 5.74) is 3.08. The molecule has 7 nitrogen and oxygen atoms in total. The van der Waals surface area contributed by atoms with Crippen molar-refractivity contribution in [1.29, 1.82) is 0 Å². The van der Waals surface area contributed by atoms with Gasteiger partial charge in [-0.15, -0.1) is 11.3 Å². The number of pyridine rings is 1. The average Bonchev–Trinajstić information content (AvgIpc) is 3.18. The minimum Gasteiger partial charge on any atom is -0.369 e. The molecule has 0 fully saturated rings. The molecule has 0 saturated carbocycles. The number of hydrogen-bond donors (Lipinski definition) is 2. The number of hydrogen-bond acceptors (Lipinski definition) is 7. The smallest absolute Gasteiger partial charge is 0.227 e. The number of thiophene rings is 1. The van der Waals surface area contributed by atoms with Gasteiger partial charge in [-0.3, -0.25) is 4.79 Å². The second kappa shape index (κ2) is 9.84. The molecule has 0 aliphatic heterocycles. The Morgan fingerprint density at radius 2 is 1.84 bits per heavy atom. The second-order valence-corrected chi connectivity index (χ2v) is 8.67. The second-order valence-electron chi connectivity index (χ2n) is 7.81. The van der Waals surface area contributed by atoms with Gasteiger partial charge in [0, 0.05) is 29.6 Å². The first-order chi connectivity index (χ1) is 15.5. The molecular weight excluding hydrogens is 420 g/mol. The third kappa shape index (κ3) is 5.27. The van der Waals surface area contributed by atoms with Gasteiger partial charge in [0.15, 0.2) is 0 Å². The highest BCUT2D eigenvalue weighted by molar-refractivity contribution is 7.17. The third-order valence-corrected chi connectivity index (χ3v) is 5.69. The first kappa shape index (κ1) is 21.9. The molecule has 2 N–H and O–H groups in total. The zero-order chi connectivity index (χ0) is 22.5. The van der Waals surface area contributed by atoms with Gasteiger partial charge in [-0.25, -0.2) is 15.0 Å². The van der Waals surface area contributed by atoms with Crippen LogP contribution >= 0.6 is 11.3 Å². The summed E-state index contributed by atoms with van der Waals surface area (Å²) in [6, 6.07) is 15.8. The van der Waals surface area contributed by atoms with Gasteiger partial charge in [0.2, 0.25) is 5.91 Å². The maximum Gasteiger partial charge on any atom is 0.227 e. The van der Waals surface area contributed by atoms with Crippen LogP contribution in [0.15, 0.2) is 53.9 Å². The van der Waals surface area contributed by atoms with E-state index in [1.54, 1.807) is 17.4 Å². The number of carbonyl (C=O) groups is 1. The minimum absolute atomic E-state index is 0.0944. The number of benzene rings is 1. The van der Waals surface area contributed by atoms with E-state index in [4.69, 9.17) is 9.97 Å². The standard InChI is InChI=1S/C24H26N6OS/c1-16-8-7-11-19(26-16)27-21(31)12-13-25-23-22-18(17-9-5-4-6-10-17)15-32-24(22)29-20(28-23)14-30(2)3/h4-11,15H,12-14H2,1-3H3,(H,25,28,29)(H,26,27,31). The zero-order valence-electron chi connectivity index (χ0n) is 18.4. The van der Waals surface area contributed by atoms with Crippen LogP contribution in [0.5, 0.6) is 0 Å². The normalized spacial score (nSPS) is 11.1. The fraction of sp³-hybridized carbons (Fsp3) is 0.250. The number of aryl methyl sites for hydroxylation is 1. The van der Waals surface area contributed by atoms with Gasteiger partial charge in [0.1, 0.15) is 22.3 Å². The Kier molecular flexibility index (Phi) is 6.72. The van der Waals surface area contributed by atoms with Gasteiger partial charge < -0.3 is 15.5 Å². The molecule has 4 rings (SSSR count). The lowest BCUT2D eigenvalue weighted by Gasteiger charge is -2.13. The van der Waals surface area contributed by atoms with E-state index in [9.17, 15) is 4.79 Å². The van der Waals surface area contributed by atoms with Gasteiger partial charge in [-0.1, -0.05) is 36.4 Å². The molecule has 0 saturated heterocycles. The molecule has 4 aromatic rings. The van der Waals surface area contributed by atoms with Crippen LogP contribution in [0, 0.1) is 6.92 Å². The number of aromatic nitrogens is 3. The van der Waals surface area contributed by atoms with Crippen molar-refractivity contribution in [1.82, 2.24) is 19.9 Å². The highest BCUT2D eigenvalue weighted by atomic mass is 32.1. The van der Waals surface area contributed by atoms with Crippen molar-refractivity contribution in [2.45, 2.75) is 19.9 Å². The number of carbonyl (C=O) groups excluding carboxylic acids is 1. The summed E-state index contributed by atoms with van der Waals surface area (Å²) < 4.78 is 0. The molecule has 1 aromatic carbocycles. The number of nitrogens with zero attached hydrogens (tertiary/aromatic N) is 4. The van der Waals surface area contributed by atoms with E-state index < -0.39 is 0 Å². The van der Waals surface area contributed by atoms with Crippen LogP contribution in [-0.2, 0) is 11.3 Å². The molecule has 0 spiro atoms. The predicted octanol–water partition coefficient (Wildman–Crippen LogP) is 4.56. The Bertz CT molecular complexity index is 1220. The van der Waals surface area contributed by atoms with E-state index in [0.717, 1.165) is 38.7 Å². The number of fused-ring (bicyclic) bond motifs is 1. The van der Waals surface area contributed by atoms with Crippen molar-refractivity contribution in [2.24, 2.45) is 0 Å². The maximum atomic E-state index is 12.4. The fourth-order valence-electron chi connectivity index (χ4n) is 3.41. The molecule has 0 radical (unpaired) electrons. The molecule has 164 valence electrons. The van der Waals surface area contributed by atoms with Crippen molar-refractivity contribution in [3.05, 3.63) is 65.4 Å². The van der Waals surface area contributed by atoms with Crippen molar-refractivity contribution < 1.29 is 4.79 Å². The fourth-order valence-corrected chi connectivity index (χ4v) is 4.38. The Hall–Kier alpha value is -3.36. The first-order valence-electron chi connectivity index (χ1n) is 10.5. The third-order valence-electron chi connectivity index (χ3n) is 4.82. The summed E-state index contributed by atoms with van der Waals surface area (Å²) in [4.78, 5) is 29.3. The summed E-state index contributed by atoms with van der Waals surface area (Å²) in [6.07, 6.45) is 0.301. The van der Waals surface area contributed by atoms with E-state index >= 15 is 0 Å². The largest absolute Gasteiger partial charge is 0.369 e. The van der Waals surface area contributed by atoms with Crippen LogP contribution in [0.4, 0.5) is 11.6 Å². The maximum absolute atomic E-state index is 12.4. The highest BCUT2D eigenvalue weighted by Gasteiger charge is 2.16. The van der Waals surface area contributed by atoms with Gasteiger partial charge in [-0.2, -0.15) is 0 Å². The minimum atomic E-state index is -0.0944. The zero-order valence-corrected chi connectivity index (χ0v) is 19.2. The van der Waals surface area contributed by atoms with Crippen LogP contribution in [0.2, 0.25) is 0 Å². The van der Waals surface area contributed by atoms with Crippen molar-refractivity contribution in [3.8, 4) is 11.1 Å². The van der Waals surface area contributed by atoms with Crippen molar-refractivity contribution in [2.75, 3.05) is 31.3 Å². The quantitative estimate of drug-likeness (QED) is 0.413. The molecule has 0 bridgehead atoms. The molecule has 0 aliphatic rings. The summed E-state index contributed by atoms with van der Waals surface area (Å²) in [7, 11) is 3.99. The van der Waals surface area contributed by atoms with E-state index in [1.165, 1.54) is 0 Å². The molecule has 0 unspecified atom stereocenters.